The molecule has 34 heavy (non-hydrogen) atoms. The second-order valence-electron chi connectivity index (χ2n) is 7.76. The molecule has 4 amide bonds. The number of benzene rings is 2. The number of halogens is 3. The molecule has 2 rings (SSSR count). The van der Waals surface area contributed by atoms with Gasteiger partial charge in [-0.05, 0) is 75.6 Å². The van der Waals surface area contributed by atoms with Crippen LogP contribution in [0.4, 0.5) is 34.1 Å². The lowest BCUT2D eigenvalue weighted by molar-refractivity contribution is -0.137. The van der Waals surface area contributed by atoms with Gasteiger partial charge < -0.3 is 30.5 Å². The number of methoxy groups -OCH3 is 1. The Hall–Kier alpha value is -3.47. The van der Waals surface area contributed by atoms with E-state index in [0.717, 1.165) is 18.7 Å². The van der Waals surface area contributed by atoms with Gasteiger partial charge in [0.05, 0.1) is 12.7 Å². The Morgan fingerprint density at radius 1 is 0.882 bits per heavy atom. The number of carbonyl (C=O) groups excluding carboxylic acids is 2. The summed E-state index contributed by atoms with van der Waals surface area (Å²) in [6, 6.07) is 10.2. The molecule has 2 aromatic rings. The van der Waals surface area contributed by atoms with Gasteiger partial charge in [0.15, 0.2) is 0 Å². The summed E-state index contributed by atoms with van der Waals surface area (Å²) in [4.78, 5) is 28.4. The number of carbonyl (C=O) groups is 2. The first kappa shape index (κ1) is 26.8. The van der Waals surface area contributed by atoms with E-state index < -0.39 is 23.8 Å². The van der Waals surface area contributed by atoms with Crippen LogP contribution in [-0.2, 0) is 6.18 Å². The van der Waals surface area contributed by atoms with E-state index in [9.17, 15) is 22.8 Å². The highest BCUT2D eigenvalue weighted by Gasteiger charge is 2.30. The van der Waals surface area contributed by atoms with E-state index in [1.165, 1.54) is 17.0 Å². The molecule has 2 aromatic carbocycles. The number of amides is 4. The number of hydrogen-bond donors (Lipinski definition) is 3. The van der Waals surface area contributed by atoms with Crippen LogP contribution < -0.4 is 20.7 Å². The topological polar surface area (TPSA) is 85.9 Å². The maximum atomic E-state index is 12.7. The average Bonchev–Trinajstić information content (AvgIpc) is 2.78. The van der Waals surface area contributed by atoms with E-state index in [-0.39, 0.29) is 18.8 Å². The Kier molecular flexibility index (Phi) is 9.99. The molecular formula is C23H30F3N5O3. The molecule has 0 aliphatic rings. The smallest absolute Gasteiger partial charge is 0.416 e. The van der Waals surface area contributed by atoms with Crippen molar-refractivity contribution >= 4 is 23.4 Å². The fourth-order valence-electron chi connectivity index (χ4n) is 2.99. The molecule has 8 nitrogen and oxygen atoms in total. The largest absolute Gasteiger partial charge is 0.497 e. The summed E-state index contributed by atoms with van der Waals surface area (Å²) in [5.41, 5.74) is 0.0439. The van der Waals surface area contributed by atoms with Crippen molar-refractivity contribution in [1.29, 1.82) is 0 Å². The van der Waals surface area contributed by atoms with Gasteiger partial charge in [-0.25, -0.2) is 9.59 Å². The number of alkyl halides is 3. The van der Waals surface area contributed by atoms with Crippen LogP contribution in [0.2, 0.25) is 0 Å². The summed E-state index contributed by atoms with van der Waals surface area (Å²) in [5.74, 6) is 0.665. The van der Waals surface area contributed by atoms with Crippen LogP contribution in [0, 0.1) is 0 Å². The average molecular weight is 482 g/mol. The summed E-state index contributed by atoms with van der Waals surface area (Å²) >= 11 is 0. The minimum absolute atomic E-state index is 0.185. The van der Waals surface area contributed by atoms with Gasteiger partial charge in [0, 0.05) is 31.0 Å². The van der Waals surface area contributed by atoms with Crippen molar-refractivity contribution in [3.8, 4) is 5.75 Å². The summed E-state index contributed by atoms with van der Waals surface area (Å²) in [6.45, 7) is 1.56. The molecule has 0 aliphatic heterocycles. The number of rotatable bonds is 10. The molecule has 3 N–H and O–H groups in total. The van der Waals surface area contributed by atoms with E-state index in [4.69, 9.17) is 4.74 Å². The first-order chi connectivity index (χ1) is 16.1. The van der Waals surface area contributed by atoms with E-state index in [1.807, 2.05) is 19.0 Å². The molecule has 0 unspecified atom stereocenters. The van der Waals surface area contributed by atoms with Gasteiger partial charge in [-0.3, -0.25) is 0 Å². The second kappa shape index (κ2) is 12.7. The summed E-state index contributed by atoms with van der Waals surface area (Å²) in [7, 11) is 5.38. The molecule has 0 bridgehead atoms. The van der Waals surface area contributed by atoms with Crippen LogP contribution in [0.25, 0.3) is 0 Å². The molecule has 0 radical (unpaired) electrons. The first-order valence-electron chi connectivity index (χ1n) is 10.7. The normalized spacial score (nSPS) is 11.1. The zero-order valence-electron chi connectivity index (χ0n) is 19.4. The molecule has 0 saturated heterocycles. The van der Waals surface area contributed by atoms with E-state index in [1.54, 1.807) is 31.4 Å². The van der Waals surface area contributed by atoms with E-state index >= 15 is 0 Å². The van der Waals surface area contributed by atoms with Crippen LogP contribution in [0.15, 0.2) is 48.5 Å². The fraction of sp³-hybridized carbons (Fsp3) is 0.391. The highest BCUT2D eigenvalue weighted by molar-refractivity contribution is 5.90. The predicted molar refractivity (Wildman–Crippen MR) is 125 cm³/mol. The molecule has 0 atom stereocenters. The minimum Gasteiger partial charge on any atom is -0.497 e. The van der Waals surface area contributed by atoms with Crippen LogP contribution in [0.5, 0.6) is 5.75 Å². The fourth-order valence-corrected chi connectivity index (χ4v) is 2.99. The van der Waals surface area contributed by atoms with Crippen LogP contribution in [0.3, 0.4) is 0 Å². The summed E-state index contributed by atoms with van der Waals surface area (Å²) in [5, 5.41) is 8.00. The Balaban J connectivity index is 1.91. The van der Waals surface area contributed by atoms with Crippen molar-refractivity contribution in [1.82, 2.24) is 15.1 Å². The number of nitrogens with zero attached hydrogens (tertiary/aromatic N) is 2. The Labute approximate surface area is 197 Å². The number of nitrogens with one attached hydrogen (secondary N) is 3. The maximum absolute atomic E-state index is 12.7. The summed E-state index contributed by atoms with van der Waals surface area (Å²) < 4.78 is 43.3. The third-order valence-electron chi connectivity index (χ3n) is 4.80. The zero-order chi connectivity index (χ0) is 25.1. The molecule has 186 valence electrons. The lowest BCUT2D eigenvalue weighted by atomic mass is 10.2. The van der Waals surface area contributed by atoms with Crippen molar-refractivity contribution < 1.29 is 27.5 Å². The third-order valence-corrected chi connectivity index (χ3v) is 4.80. The van der Waals surface area contributed by atoms with Crippen LogP contribution >= 0.6 is 0 Å². The molecular weight excluding hydrogens is 451 g/mol. The monoisotopic (exact) mass is 481 g/mol. The highest BCUT2D eigenvalue weighted by atomic mass is 19.4. The lowest BCUT2D eigenvalue weighted by Crippen LogP contribution is -2.42. The molecule has 0 aliphatic carbocycles. The van der Waals surface area contributed by atoms with Gasteiger partial charge in [-0.2, -0.15) is 13.2 Å². The Morgan fingerprint density at radius 2 is 1.47 bits per heavy atom. The van der Waals surface area contributed by atoms with Gasteiger partial charge in [0.1, 0.15) is 5.75 Å². The third kappa shape index (κ3) is 9.18. The molecule has 0 saturated carbocycles. The maximum Gasteiger partial charge on any atom is 0.416 e. The van der Waals surface area contributed by atoms with Crippen molar-refractivity contribution in [2.45, 2.75) is 12.6 Å². The highest BCUT2D eigenvalue weighted by Crippen LogP contribution is 2.29. The van der Waals surface area contributed by atoms with Gasteiger partial charge in [0.25, 0.3) is 0 Å². The van der Waals surface area contributed by atoms with Crippen molar-refractivity contribution in [3.05, 3.63) is 54.1 Å². The quantitative estimate of drug-likeness (QED) is 0.472. The zero-order valence-corrected chi connectivity index (χ0v) is 19.4. The van der Waals surface area contributed by atoms with Crippen molar-refractivity contribution in [2.24, 2.45) is 0 Å². The summed E-state index contributed by atoms with van der Waals surface area (Å²) in [6.07, 6.45) is -3.76. The van der Waals surface area contributed by atoms with Crippen LogP contribution in [-0.4, -0.2) is 69.2 Å². The molecule has 0 aromatic heterocycles. The molecule has 0 spiro atoms. The van der Waals surface area contributed by atoms with Crippen molar-refractivity contribution in [2.75, 3.05) is 58.0 Å². The second-order valence-corrected chi connectivity index (χ2v) is 7.76. The number of anilines is 2. The SMILES string of the molecule is COc1ccc(NC(=O)NCCN(CCCN(C)C)C(=O)Nc2ccc(C(F)(F)F)cc2)cc1. The molecule has 0 heterocycles. The number of ether oxygens (including phenoxy) is 1. The minimum atomic E-state index is -4.45. The number of urea groups is 2. The lowest BCUT2D eigenvalue weighted by Gasteiger charge is -2.24. The van der Waals surface area contributed by atoms with Gasteiger partial charge in [0.2, 0.25) is 0 Å². The van der Waals surface area contributed by atoms with Gasteiger partial charge in [-0.15, -0.1) is 0 Å². The standard InChI is InChI=1S/C23H30F3N5O3/c1-30(2)14-4-15-31(22(33)29-19-7-5-17(6-8-19)23(24,25)26)16-13-27-21(32)28-18-9-11-20(34-3)12-10-18/h5-12H,4,13-16H2,1-3H3,(H,29,33)(H2,27,28,32). The van der Waals surface area contributed by atoms with Gasteiger partial charge in [-0.1, -0.05) is 0 Å². The molecule has 0 fully saturated rings. The predicted octanol–water partition coefficient (Wildman–Crippen LogP) is 4.32. The number of hydrogen-bond acceptors (Lipinski definition) is 4. The van der Waals surface area contributed by atoms with Gasteiger partial charge >= 0.3 is 18.2 Å². The van der Waals surface area contributed by atoms with E-state index in [0.29, 0.717) is 24.4 Å². The van der Waals surface area contributed by atoms with Crippen LogP contribution in [0.1, 0.15) is 12.0 Å². The Morgan fingerprint density at radius 3 is 2.03 bits per heavy atom. The van der Waals surface area contributed by atoms with E-state index in [2.05, 4.69) is 16.0 Å². The Bertz CT molecular complexity index is 919. The first-order valence-corrected chi connectivity index (χ1v) is 10.7. The van der Waals surface area contributed by atoms with Crippen molar-refractivity contribution in [3.63, 3.8) is 0 Å². The molecule has 11 heteroatoms.